The Morgan fingerprint density at radius 1 is 1.69 bits per heavy atom. The van der Waals surface area contributed by atoms with E-state index < -0.39 is 12.1 Å². The maximum absolute atomic E-state index is 11.4. The van der Waals surface area contributed by atoms with E-state index in [2.05, 4.69) is 5.32 Å². The number of hydrogen-bond acceptors (Lipinski definition) is 2. The average molecular weight is 185 g/mol. The Kier molecular flexibility index (Phi) is 2.75. The predicted molar refractivity (Wildman–Crippen MR) is 47.9 cm³/mol. The quantitative estimate of drug-likeness (QED) is 0.579. The molecule has 1 heterocycles. The molecule has 0 aliphatic carbocycles. The van der Waals surface area contributed by atoms with Crippen LogP contribution in [0.25, 0.3) is 0 Å². The molecule has 0 spiro atoms. The summed E-state index contributed by atoms with van der Waals surface area (Å²) in [4.78, 5) is 23.8. The number of carbonyl (C=O) groups excluding carboxylic acids is 2. The van der Waals surface area contributed by atoms with Gasteiger partial charge in [0.2, 0.25) is 5.91 Å². The number of urea groups is 1. The Morgan fingerprint density at radius 3 is 2.69 bits per heavy atom. The Morgan fingerprint density at radius 2 is 2.31 bits per heavy atom. The van der Waals surface area contributed by atoms with Gasteiger partial charge in [-0.2, -0.15) is 0 Å². The van der Waals surface area contributed by atoms with Crippen LogP contribution < -0.4 is 11.1 Å². The van der Waals surface area contributed by atoms with Gasteiger partial charge in [0, 0.05) is 13.1 Å². The van der Waals surface area contributed by atoms with Gasteiger partial charge in [0.25, 0.3) is 0 Å². The summed E-state index contributed by atoms with van der Waals surface area (Å²) in [5, 5.41) is 2.71. The lowest BCUT2D eigenvalue weighted by molar-refractivity contribution is -0.129. The van der Waals surface area contributed by atoms with E-state index in [4.69, 9.17) is 5.73 Å². The lowest BCUT2D eigenvalue weighted by Gasteiger charge is -2.35. The first-order valence-electron chi connectivity index (χ1n) is 4.38. The van der Waals surface area contributed by atoms with Gasteiger partial charge in [-0.15, -0.1) is 0 Å². The second-order valence-corrected chi connectivity index (χ2v) is 3.51. The summed E-state index contributed by atoms with van der Waals surface area (Å²) in [5.74, 6) is -0.0205. The number of piperazine rings is 1. The first kappa shape index (κ1) is 9.83. The van der Waals surface area contributed by atoms with Gasteiger partial charge in [-0.3, -0.25) is 4.79 Å². The van der Waals surface area contributed by atoms with Crippen LogP contribution in [-0.2, 0) is 4.79 Å². The zero-order valence-electron chi connectivity index (χ0n) is 7.91. The van der Waals surface area contributed by atoms with Gasteiger partial charge in [0.1, 0.15) is 6.04 Å². The van der Waals surface area contributed by atoms with Crippen molar-refractivity contribution in [1.29, 1.82) is 0 Å². The summed E-state index contributed by atoms with van der Waals surface area (Å²) < 4.78 is 0. The van der Waals surface area contributed by atoms with Gasteiger partial charge in [-0.1, -0.05) is 13.8 Å². The van der Waals surface area contributed by atoms with Gasteiger partial charge < -0.3 is 16.0 Å². The van der Waals surface area contributed by atoms with Crippen LogP contribution in [0, 0.1) is 5.92 Å². The summed E-state index contributed by atoms with van der Waals surface area (Å²) in [5.41, 5.74) is 5.16. The molecule has 13 heavy (non-hydrogen) atoms. The molecule has 1 aliphatic heterocycles. The molecule has 1 atom stereocenters. The molecule has 0 saturated carbocycles. The lowest BCUT2D eigenvalue weighted by atomic mass is 10.0. The van der Waals surface area contributed by atoms with Gasteiger partial charge in [-0.25, -0.2) is 4.79 Å². The molecule has 1 aliphatic rings. The Bertz CT molecular complexity index is 227. The first-order valence-corrected chi connectivity index (χ1v) is 4.38. The third-order valence-corrected chi connectivity index (χ3v) is 2.17. The van der Waals surface area contributed by atoms with E-state index >= 15 is 0 Å². The molecular formula is C8H15N3O2. The van der Waals surface area contributed by atoms with Crippen molar-refractivity contribution in [2.45, 2.75) is 19.9 Å². The third-order valence-electron chi connectivity index (χ3n) is 2.17. The number of amides is 3. The smallest absolute Gasteiger partial charge is 0.315 e. The van der Waals surface area contributed by atoms with Crippen molar-refractivity contribution < 1.29 is 9.59 Å². The lowest BCUT2D eigenvalue weighted by Crippen LogP contribution is -2.60. The minimum Gasteiger partial charge on any atom is -0.353 e. The third kappa shape index (κ3) is 1.91. The maximum atomic E-state index is 11.4. The monoisotopic (exact) mass is 185 g/mol. The van der Waals surface area contributed by atoms with E-state index in [9.17, 15) is 9.59 Å². The van der Waals surface area contributed by atoms with Crippen molar-refractivity contribution in [2.75, 3.05) is 13.1 Å². The van der Waals surface area contributed by atoms with E-state index in [0.29, 0.717) is 13.1 Å². The molecule has 5 heteroatoms. The highest BCUT2D eigenvalue weighted by Crippen LogP contribution is 2.13. The summed E-state index contributed by atoms with van der Waals surface area (Å²) in [6.45, 7) is 4.78. The molecule has 0 bridgehead atoms. The number of carbonyl (C=O) groups is 2. The highest BCUT2D eigenvalue weighted by atomic mass is 16.2. The van der Waals surface area contributed by atoms with Crippen molar-refractivity contribution in [3.05, 3.63) is 0 Å². The van der Waals surface area contributed by atoms with E-state index in [-0.39, 0.29) is 11.8 Å². The average Bonchev–Trinajstić information content (AvgIpc) is 2.02. The minimum absolute atomic E-state index is 0.0906. The van der Waals surface area contributed by atoms with Crippen LogP contribution in [0.5, 0.6) is 0 Å². The molecule has 3 amide bonds. The molecule has 1 saturated heterocycles. The number of nitrogens with zero attached hydrogens (tertiary/aromatic N) is 1. The zero-order chi connectivity index (χ0) is 10.0. The Balaban J connectivity index is 2.80. The maximum Gasteiger partial charge on any atom is 0.315 e. The first-order chi connectivity index (χ1) is 6.04. The number of nitrogens with one attached hydrogen (secondary N) is 1. The van der Waals surface area contributed by atoms with Gasteiger partial charge >= 0.3 is 6.03 Å². The van der Waals surface area contributed by atoms with Gasteiger partial charge in [0.15, 0.2) is 0 Å². The van der Waals surface area contributed by atoms with E-state index in [1.165, 1.54) is 4.90 Å². The summed E-state index contributed by atoms with van der Waals surface area (Å²) in [6.07, 6.45) is 0. The fourth-order valence-electron chi connectivity index (χ4n) is 1.59. The molecule has 74 valence electrons. The van der Waals surface area contributed by atoms with Gasteiger partial charge in [0.05, 0.1) is 0 Å². The fourth-order valence-corrected chi connectivity index (χ4v) is 1.59. The molecular weight excluding hydrogens is 170 g/mol. The highest BCUT2D eigenvalue weighted by molar-refractivity contribution is 5.87. The molecule has 0 aromatic carbocycles. The molecule has 1 rings (SSSR count). The summed E-state index contributed by atoms with van der Waals surface area (Å²) in [7, 11) is 0. The summed E-state index contributed by atoms with van der Waals surface area (Å²) in [6, 6.07) is -0.931. The van der Waals surface area contributed by atoms with Crippen LogP contribution in [0.15, 0.2) is 0 Å². The second-order valence-electron chi connectivity index (χ2n) is 3.51. The summed E-state index contributed by atoms with van der Waals surface area (Å²) >= 11 is 0. The van der Waals surface area contributed by atoms with Crippen molar-refractivity contribution in [2.24, 2.45) is 11.7 Å². The Labute approximate surface area is 77.3 Å². The number of nitrogens with two attached hydrogens (primary N) is 1. The zero-order valence-corrected chi connectivity index (χ0v) is 7.91. The number of hydrogen-bond donors (Lipinski definition) is 2. The van der Waals surface area contributed by atoms with Crippen molar-refractivity contribution in [3.8, 4) is 0 Å². The van der Waals surface area contributed by atoms with Crippen LogP contribution >= 0.6 is 0 Å². The van der Waals surface area contributed by atoms with Crippen molar-refractivity contribution in [3.63, 3.8) is 0 Å². The normalized spacial score (nSPS) is 23.2. The number of rotatable bonds is 1. The van der Waals surface area contributed by atoms with Crippen LogP contribution in [0.2, 0.25) is 0 Å². The molecule has 1 unspecified atom stereocenters. The van der Waals surface area contributed by atoms with E-state index in [1.807, 2.05) is 13.8 Å². The molecule has 1 fully saturated rings. The van der Waals surface area contributed by atoms with Crippen LogP contribution in [0.3, 0.4) is 0 Å². The SMILES string of the molecule is CC(C)C1C(=O)NCCN1C(N)=O. The minimum atomic E-state index is -0.520. The largest absolute Gasteiger partial charge is 0.353 e. The standard InChI is InChI=1S/C8H15N3O2/c1-5(2)6-7(12)10-3-4-11(6)8(9)13/h5-6H,3-4H2,1-2H3,(H2,9,13)(H,10,12). The molecule has 0 aromatic heterocycles. The fraction of sp³-hybridized carbons (Fsp3) is 0.750. The topological polar surface area (TPSA) is 75.4 Å². The van der Waals surface area contributed by atoms with Crippen molar-refractivity contribution >= 4 is 11.9 Å². The van der Waals surface area contributed by atoms with Gasteiger partial charge in [-0.05, 0) is 5.92 Å². The molecule has 0 radical (unpaired) electrons. The predicted octanol–water partition coefficient (Wildman–Crippen LogP) is -0.478. The molecule has 5 nitrogen and oxygen atoms in total. The van der Waals surface area contributed by atoms with E-state index in [0.717, 1.165) is 0 Å². The van der Waals surface area contributed by atoms with Crippen molar-refractivity contribution in [1.82, 2.24) is 10.2 Å². The molecule has 0 aromatic rings. The van der Waals surface area contributed by atoms with Crippen LogP contribution in [0.4, 0.5) is 4.79 Å². The highest BCUT2D eigenvalue weighted by Gasteiger charge is 2.33. The molecule has 3 N–H and O–H groups in total. The van der Waals surface area contributed by atoms with E-state index in [1.54, 1.807) is 0 Å². The van der Waals surface area contributed by atoms with Crippen LogP contribution in [-0.4, -0.2) is 36.0 Å². The number of primary amides is 1. The van der Waals surface area contributed by atoms with Crippen LogP contribution in [0.1, 0.15) is 13.8 Å². The second kappa shape index (κ2) is 3.64. The Hall–Kier alpha value is -1.26.